The number of aromatic nitrogens is 1. The number of fused-ring (bicyclic) bond motifs is 7. The minimum absolute atomic E-state index is 0.125. The molecule has 1 fully saturated rings. The van der Waals surface area contributed by atoms with Crippen molar-refractivity contribution < 1.29 is 23.1 Å². The van der Waals surface area contributed by atoms with Crippen LogP contribution in [-0.2, 0) is 21.0 Å². The minimum Gasteiger partial charge on any atom is -0.477 e. The molecule has 1 saturated heterocycles. The molecule has 0 spiro atoms. The van der Waals surface area contributed by atoms with Gasteiger partial charge in [0.25, 0.3) is 0 Å². The highest BCUT2D eigenvalue weighted by Gasteiger charge is 2.44. The molecule has 0 unspecified atom stereocenters. The van der Waals surface area contributed by atoms with Gasteiger partial charge in [0.05, 0.1) is 10.9 Å². The molecule has 1 aliphatic carbocycles. The Bertz CT molecular complexity index is 1250. The first-order chi connectivity index (χ1) is 13.3. The van der Waals surface area contributed by atoms with Gasteiger partial charge in [-0.1, -0.05) is 12.1 Å². The van der Waals surface area contributed by atoms with Gasteiger partial charge in [-0.25, -0.2) is 13.2 Å². The van der Waals surface area contributed by atoms with E-state index in [1.165, 1.54) is 18.5 Å². The second-order valence-corrected chi connectivity index (χ2v) is 9.40. The Morgan fingerprint density at radius 2 is 2.11 bits per heavy atom. The number of allylic oxidation sites excluding steroid dienone is 1. The molecule has 1 N–H and O–H groups in total. The van der Waals surface area contributed by atoms with Gasteiger partial charge >= 0.3 is 5.97 Å². The SMILES string of the molecule is CS(=O)(=O)c1cccc2c1CC1=C2[C@H]2OCC[C@H]2n2cc(C(=O)O)c(=O)cc21. The van der Waals surface area contributed by atoms with Crippen molar-refractivity contribution in [3.63, 3.8) is 0 Å². The number of hydrogen-bond donors (Lipinski definition) is 1. The summed E-state index contributed by atoms with van der Waals surface area (Å²) in [7, 11) is -3.41. The monoisotopic (exact) mass is 399 g/mol. The number of ether oxygens (including phenoxy) is 1. The number of sulfone groups is 1. The fourth-order valence-corrected chi connectivity index (χ4v) is 5.66. The smallest absolute Gasteiger partial charge is 0.341 e. The van der Waals surface area contributed by atoms with E-state index < -0.39 is 21.2 Å². The minimum atomic E-state index is -3.41. The number of carbonyl (C=O) groups is 1. The highest BCUT2D eigenvalue weighted by atomic mass is 32.2. The van der Waals surface area contributed by atoms with Gasteiger partial charge in [0.1, 0.15) is 11.7 Å². The maximum atomic E-state index is 12.4. The lowest BCUT2D eigenvalue weighted by atomic mass is 9.89. The average molecular weight is 399 g/mol. The van der Waals surface area contributed by atoms with Crippen molar-refractivity contribution >= 4 is 27.0 Å². The first-order valence-electron chi connectivity index (χ1n) is 8.94. The second-order valence-electron chi connectivity index (χ2n) is 7.42. The fourth-order valence-electron chi connectivity index (χ4n) is 4.70. The van der Waals surface area contributed by atoms with Crippen molar-refractivity contribution in [2.24, 2.45) is 0 Å². The normalized spacial score (nSPS) is 22.5. The summed E-state index contributed by atoms with van der Waals surface area (Å²) in [6, 6.07) is 6.45. The molecular formula is C20H17NO6S. The van der Waals surface area contributed by atoms with Gasteiger partial charge in [0, 0.05) is 37.2 Å². The molecule has 0 saturated carbocycles. The van der Waals surface area contributed by atoms with Crippen LogP contribution in [0.5, 0.6) is 0 Å². The van der Waals surface area contributed by atoms with Crippen molar-refractivity contribution in [1.82, 2.24) is 4.57 Å². The van der Waals surface area contributed by atoms with E-state index in [2.05, 4.69) is 0 Å². The van der Waals surface area contributed by atoms with Gasteiger partial charge in [-0.15, -0.1) is 0 Å². The van der Waals surface area contributed by atoms with Crippen LogP contribution in [0.15, 0.2) is 40.2 Å². The third-order valence-electron chi connectivity index (χ3n) is 5.82. The summed E-state index contributed by atoms with van der Waals surface area (Å²) in [5, 5.41) is 9.34. The Labute approximate surface area is 160 Å². The second kappa shape index (κ2) is 5.65. The summed E-state index contributed by atoms with van der Waals surface area (Å²) >= 11 is 0. The van der Waals surface area contributed by atoms with Crippen LogP contribution in [0.2, 0.25) is 0 Å². The van der Waals surface area contributed by atoms with Crippen LogP contribution in [0.1, 0.15) is 39.6 Å². The molecule has 1 aromatic carbocycles. The summed E-state index contributed by atoms with van der Waals surface area (Å²) in [5.41, 5.74) is 3.14. The molecule has 8 heteroatoms. The first-order valence-corrected chi connectivity index (χ1v) is 10.8. The number of nitrogens with zero attached hydrogens (tertiary/aromatic N) is 1. The van der Waals surface area contributed by atoms with Crippen LogP contribution in [-0.4, -0.2) is 43.0 Å². The standard InChI is InChI=1S/C20H17NO6S/c1-28(25,26)17-4-2-3-10-11(17)7-12-15-8-16(22)13(20(23)24)9-21(15)14-5-6-27-19(14)18(10)12/h2-4,8-9,14,19H,5-7H2,1H3,(H,23,24)/t14-,19+/m1/s1. The van der Waals surface area contributed by atoms with E-state index in [9.17, 15) is 23.1 Å². The molecule has 0 amide bonds. The van der Waals surface area contributed by atoms with E-state index in [4.69, 9.17) is 4.74 Å². The Kier molecular flexibility index (Phi) is 3.51. The predicted octanol–water partition coefficient (Wildman–Crippen LogP) is 1.76. The lowest BCUT2D eigenvalue weighted by molar-refractivity contribution is 0.0693. The van der Waals surface area contributed by atoms with E-state index >= 15 is 0 Å². The van der Waals surface area contributed by atoms with Gasteiger partial charge in [-0.2, -0.15) is 0 Å². The molecule has 0 radical (unpaired) electrons. The van der Waals surface area contributed by atoms with Crippen LogP contribution >= 0.6 is 0 Å². The van der Waals surface area contributed by atoms with Gasteiger partial charge < -0.3 is 14.4 Å². The molecule has 5 rings (SSSR count). The molecule has 1 aromatic heterocycles. The van der Waals surface area contributed by atoms with Crippen LogP contribution in [0.3, 0.4) is 0 Å². The number of pyridine rings is 1. The summed E-state index contributed by atoms with van der Waals surface area (Å²) in [6.07, 6.45) is 3.36. The summed E-state index contributed by atoms with van der Waals surface area (Å²) < 4.78 is 32.4. The van der Waals surface area contributed by atoms with Gasteiger partial charge in [0.15, 0.2) is 15.3 Å². The average Bonchev–Trinajstić information content (AvgIpc) is 3.24. The Balaban J connectivity index is 1.79. The molecule has 28 heavy (non-hydrogen) atoms. The molecule has 144 valence electrons. The summed E-state index contributed by atoms with van der Waals surface area (Å²) in [4.78, 5) is 24.1. The van der Waals surface area contributed by atoms with E-state index in [1.807, 2.05) is 10.6 Å². The molecule has 3 aliphatic rings. The lowest BCUT2D eigenvalue weighted by Crippen LogP contribution is -2.31. The quantitative estimate of drug-likeness (QED) is 0.826. The number of hydrogen-bond acceptors (Lipinski definition) is 5. The van der Waals surface area contributed by atoms with E-state index in [-0.39, 0.29) is 22.6 Å². The van der Waals surface area contributed by atoms with Crippen LogP contribution in [0.4, 0.5) is 0 Å². The molecule has 2 aliphatic heterocycles. The predicted molar refractivity (Wildman–Crippen MR) is 101 cm³/mol. The van der Waals surface area contributed by atoms with Gasteiger partial charge in [-0.05, 0) is 34.8 Å². The molecule has 2 aromatic rings. The van der Waals surface area contributed by atoms with E-state index in [0.29, 0.717) is 30.7 Å². The topological polar surface area (TPSA) is 103 Å². The molecule has 7 nitrogen and oxygen atoms in total. The molecule has 2 atom stereocenters. The summed E-state index contributed by atoms with van der Waals surface area (Å²) in [5.74, 6) is -1.26. The Morgan fingerprint density at radius 1 is 1.32 bits per heavy atom. The van der Waals surface area contributed by atoms with Gasteiger partial charge in [-0.3, -0.25) is 4.79 Å². The van der Waals surface area contributed by atoms with Crippen molar-refractivity contribution in [2.45, 2.75) is 29.9 Å². The third kappa shape index (κ3) is 2.28. The van der Waals surface area contributed by atoms with Crippen molar-refractivity contribution in [3.8, 4) is 0 Å². The number of rotatable bonds is 2. The maximum absolute atomic E-state index is 12.4. The number of benzene rings is 1. The number of carboxylic acid groups (broad SMARTS) is 1. The highest BCUT2D eigenvalue weighted by Crippen LogP contribution is 2.51. The molecule has 0 bridgehead atoms. The fraction of sp³-hybridized carbons (Fsp3) is 0.300. The Hall–Kier alpha value is -2.71. The van der Waals surface area contributed by atoms with E-state index in [1.54, 1.807) is 12.1 Å². The van der Waals surface area contributed by atoms with Gasteiger partial charge in [0.2, 0.25) is 0 Å². The van der Waals surface area contributed by atoms with Crippen molar-refractivity contribution in [1.29, 1.82) is 0 Å². The highest BCUT2D eigenvalue weighted by molar-refractivity contribution is 7.90. The van der Waals surface area contributed by atoms with Crippen molar-refractivity contribution in [3.05, 3.63) is 63.1 Å². The lowest BCUT2D eigenvalue weighted by Gasteiger charge is -2.32. The summed E-state index contributed by atoms with van der Waals surface area (Å²) in [6.45, 7) is 0.515. The largest absolute Gasteiger partial charge is 0.477 e. The van der Waals surface area contributed by atoms with Crippen molar-refractivity contribution in [2.75, 3.05) is 12.9 Å². The van der Waals surface area contributed by atoms with Crippen LogP contribution in [0.25, 0.3) is 11.1 Å². The van der Waals surface area contributed by atoms with Crippen LogP contribution < -0.4 is 5.43 Å². The zero-order valence-corrected chi connectivity index (χ0v) is 15.8. The van der Waals surface area contributed by atoms with Crippen LogP contribution in [0, 0.1) is 0 Å². The zero-order valence-electron chi connectivity index (χ0n) is 15.0. The Morgan fingerprint density at radius 3 is 2.82 bits per heavy atom. The number of aromatic carboxylic acids is 1. The number of carboxylic acids is 1. The molecular weight excluding hydrogens is 382 g/mol. The third-order valence-corrected chi connectivity index (χ3v) is 7.00. The molecule has 3 heterocycles. The zero-order chi connectivity index (χ0) is 19.8. The maximum Gasteiger partial charge on any atom is 0.341 e. The van der Waals surface area contributed by atoms with E-state index in [0.717, 1.165) is 16.7 Å². The first kappa shape index (κ1) is 17.4.